The molecule has 184 valence electrons. The van der Waals surface area contributed by atoms with Gasteiger partial charge in [-0.2, -0.15) is 0 Å². The summed E-state index contributed by atoms with van der Waals surface area (Å²) < 4.78 is 0. The predicted molar refractivity (Wildman–Crippen MR) is 144 cm³/mol. The summed E-state index contributed by atoms with van der Waals surface area (Å²) in [7, 11) is 0. The van der Waals surface area contributed by atoms with Gasteiger partial charge in [0.25, 0.3) is 0 Å². The molecule has 0 aliphatic heterocycles. The van der Waals surface area contributed by atoms with Crippen LogP contribution in [0.15, 0.2) is 66.7 Å². The maximum Gasteiger partial charge on any atom is 0.243 e. The van der Waals surface area contributed by atoms with Crippen molar-refractivity contribution in [3.63, 3.8) is 0 Å². The average molecular weight is 552 g/mol. The standard InChI is InChI=1S/C27H26Cl4N2O2/c1-2-13-32-27(35)25(15-18-7-4-3-5-8-18)33(17-20-21(28)9-6-10-22(20)29)26(34)16-19-11-12-23(30)24(31)14-19/h3-12,14,25H,2,13,15-17H2,1H3,(H,32,35)/t25-/m1/s1. The number of rotatable bonds is 10. The number of carbonyl (C=O) groups is 2. The van der Waals surface area contributed by atoms with Gasteiger partial charge in [-0.15, -0.1) is 0 Å². The Morgan fingerprint density at radius 1 is 0.829 bits per heavy atom. The molecule has 0 bridgehead atoms. The molecular formula is C27H26Cl4N2O2. The Hall–Kier alpha value is -2.24. The molecule has 0 fully saturated rings. The van der Waals surface area contributed by atoms with E-state index in [0.29, 0.717) is 44.2 Å². The highest BCUT2D eigenvalue weighted by Gasteiger charge is 2.31. The fourth-order valence-corrected chi connectivity index (χ4v) is 4.54. The lowest BCUT2D eigenvalue weighted by molar-refractivity contribution is -0.140. The molecule has 3 aromatic rings. The highest BCUT2D eigenvalue weighted by molar-refractivity contribution is 6.42. The van der Waals surface area contributed by atoms with Crippen LogP contribution in [0, 0.1) is 0 Å². The van der Waals surface area contributed by atoms with Crippen LogP contribution in [-0.2, 0) is 29.0 Å². The number of carbonyl (C=O) groups excluding carboxylic acids is 2. The number of hydrogen-bond donors (Lipinski definition) is 1. The summed E-state index contributed by atoms with van der Waals surface area (Å²) in [6, 6.07) is 19.0. The molecule has 0 spiro atoms. The van der Waals surface area contributed by atoms with Crippen molar-refractivity contribution in [3.8, 4) is 0 Å². The third kappa shape index (κ3) is 7.62. The van der Waals surface area contributed by atoms with Crippen molar-refractivity contribution in [3.05, 3.63) is 104 Å². The number of benzene rings is 3. The molecule has 35 heavy (non-hydrogen) atoms. The first-order valence-corrected chi connectivity index (χ1v) is 12.8. The SMILES string of the molecule is CCCNC(=O)[C@@H](Cc1ccccc1)N(Cc1c(Cl)cccc1Cl)C(=O)Cc1ccc(Cl)c(Cl)c1. The molecule has 0 aromatic heterocycles. The van der Waals surface area contributed by atoms with Crippen molar-refractivity contribution in [2.45, 2.75) is 38.8 Å². The Balaban J connectivity index is 2.01. The second-order valence-electron chi connectivity index (χ2n) is 8.14. The van der Waals surface area contributed by atoms with Crippen molar-refractivity contribution in [1.29, 1.82) is 0 Å². The first-order valence-electron chi connectivity index (χ1n) is 11.3. The molecule has 0 radical (unpaired) electrons. The minimum atomic E-state index is -0.772. The van der Waals surface area contributed by atoms with Crippen LogP contribution < -0.4 is 5.32 Å². The van der Waals surface area contributed by atoms with Gasteiger partial charge >= 0.3 is 0 Å². The number of nitrogens with one attached hydrogen (secondary N) is 1. The molecule has 2 amide bonds. The Morgan fingerprint density at radius 3 is 2.14 bits per heavy atom. The van der Waals surface area contributed by atoms with E-state index in [1.807, 2.05) is 37.3 Å². The normalized spacial score (nSPS) is 11.7. The number of amides is 2. The second-order valence-corrected chi connectivity index (χ2v) is 9.77. The summed E-state index contributed by atoms with van der Waals surface area (Å²) in [4.78, 5) is 28.6. The van der Waals surface area contributed by atoms with Gasteiger partial charge in [0.2, 0.25) is 11.8 Å². The number of nitrogens with zero attached hydrogens (tertiary/aromatic N) is 1. The Bertz CT molecular complexity index is 1150. The summed E-state index contributed by atoms with van der Waals surface area (Å²) in [5.74, 6) is -0.492. The van der Waals surface area contributed by atoms with Crippen LogP contribution in [0.4, 0.5) is 0 Å². The maximum absolute atomic E-state index is 13.7. The summed E-state index contributed by atoms with van der Waals surface area (Å²) in [6.45, 7) is 2.56. The van der Waals surface area contributed by atoms with Crippen LogP contribution in [0.5, 0.6) is 0 Å². The van der Waals surface area contributed by atoms with E-state index in [0.717, 1.165) is 12.0 Å². The van der Waals surface area contributed by atoms with Gasteiger partial charge in [0.05, 0.1) is 16.5 Å². The van der Waals surface area contributed by atoms with Gasteiger partial charge in [-0.1, -0.05) is 95.8 Å². The third-order valence-corrected chi connectivity index (χ3v) is 7.00. The van der Waals surface area contributed by atoms with E-state index in [9.17, 15) is 9.59 Å². The number of hydrogen-bond acceptors (Lipinski definition) is 2. The molecule has 0 saturated carbocycles. The predicted octanol–water partition coefficient (Wildman–Crippen LogP) is 7.01. The molecule has 3 rings (SSSR count). The molecular weight excluding hydrogens is 526 g/mol. The van der Waals surface area contributed by atoms with Crippen molar-refractivity contribution in [1.82, 2.24) is 10.2 Å². The molecule has 0 unspecified atom stereocenters. The van der Waals surface area contributed by atoms with E-state index < -0.39 is 6.04 Å². The Morgan fingerprint density at radius 2 is 1.51 bits per heavy atom. The number of halogens is 4. The molecule has 4 nitrogen and oxygen atoms in total. The lowest BCUT2D eigenvalue weighted by Gasteiger charge is -2.32. The molecule has 8 heteroatoms. The minimum Gasteiger partial charge on any atom is -0.354 e. The highest BCUT2D eigenvalue weighted by Crippen LogP contribution is 2.28. The van der Waals surface area contributed by atoms with Gasteiger partial charge in [-0.05, 0) is 41.8 Å². The van der Waals surface area contributed by atoms with Gasteiger partial charge in [0.15, 0.2) is 0 Å². The fraction of sp³-hybridized carbons (Fsp3) is 0.259. The van der Waals surface area contributed by atoms with Crippen LogP contribution in [-0.4, -0.2) is 29.3 Å². The molecule has 0 aliphatic carbocycles. The van der Waals surface area contributed by atoms with Crippen molar-refractivity contribution < 1.29 is 9.59 Å². The Kier molecular flexibility index (Phi) is 10.3. The van der Waals surface area contributed by atoms with E-state index in [-0.39, 0.29) is 24.8 Å². The zero-order valence-electron chi connectivity index (χ0n) is 19.2. The summed E-state index contributed by atoms with van der Waals surface area (Å²) in [6.07, 6.45) is 1.15. The Labute approximate surface area is 226 Å². The van der Waals surface area contributed by atoms with Crippen LogP contribution in [0.25, 0.3) is 0 Å². The fourth-order valence-electron chi connectivity index (χ4n) is 3.70. The molecule has 0 saturated heterocycles. The van der Waals surface area contributed by atoms with E-state index in [1.165, 1.54) is 0 Å². The van der Waals surface area contributed by atoms with Crippen LogP contribution in [0.1, 0.15) is 30.0 Å². The molecule has 0 aliphatic rings. The zero-order chi connectivity index (χ0) is 25.4. The van der Waals surface area contributed by atoms with Crippen molar-refractivity contribution >= 4 is 58.2 Å². The maximum atomic E-state index is 13.7. The molecule has 0 heterocycles. The van der Waals surface area contributed by atoms with Gasteiger partial charge in [-0.3, -0.25) is 9.59 Å². The first-order chi connectivity index (χ1) is 16.8. The largest absolute Gasteiger partial charge is 0.354 e. The summed E-state index contributed by atoms with van der Waals surface area (Å²) in [5.41, 5.74) is 2.20. The van der Waals surface area contributed by atoms with Crippen molar-refractivity contribution in [2.75, 3.05) is 6.54 Å². The van der Waals surface area contributed by atoms with E-state index >= 15 is 0 Å². The van der Waals surface area contributed by atoms with Crippen LogP contribution in [0.2, 0.25) is 20.1 Å². The summed E-state index contributed by atoms with van der Waals surface area (Å²) >= 11 is 25.1. The lowest BCUT2D eigenvalue weighted by Crippen LogP contribution is -2.51. The van der Waals surface area contributed by atoms with Gasteiger partial charge < -0.3 is 10.2 Å². The van der Waals surface area contributed by atoms with E-state index in [2.05, 4.69) is 5.32 Å². The lowest BCUT2D eigenvalue weighted by atomic mass is 10.0. The molecule has 3 aromatic carbocycles. The minimum absolute atomic E-state index is 0.0330. The van der Waals surface area contributed by atoms with E-state index in [4.69, 9.17) is 46.4 Å². The van der Waals surface area contributed by atoms with Gasteiger partial charge in [0.1, 0.15) is 6.04 Å². The topological polar surface area (TPSA) is 49.4 Å². The zero-order valence-corrected chi connectivity index (χ0v) is 22.3. The van der Waals surface area contributed by atoms with Gasteiger partial charge in [0, 0.05) is 35.1 Å². The monoisotopic (exact) mass is 550 g/mol. The smallest absolute Gasteiger partial charge is 0.243 e. The molecule has 1 N–H and O–H groups in total. The summed E-state index contributed by atoms with van der Waals surface area (Å²) in [5, 5.41) is 4.57. The van der Waals surface area contributed by atoms with E-state index in [1.54, 1.807) is 41.3 Å². The van der Waals surface area contributed by atoms with Crippen LogP contribution >= 0.6 is 46.4 Å². The quantitative estimate of drug-likeness (QED) is 0.294. The highest BCUT2D eigenvalue weighted by atomic mass is 35.5. The first kappa shape index (κ1) is 27.3. The van der Waals surface area contributed by atoms with Crippen LogP contribution in [0.3, 0.4) is 0 Å². The van der Waals surface area contributed by atoms with Gasteiger partial charge in [-0.25, -0.2) is 0 Å². The second kappa shape index (κ2) is 13.2. The molecule has 1 atom stereocenters. The average Bonchev–Trinajstić information content (AvgIpc) is 2.84. The van der Waals surface area contributed by atoms with Crippen molar-refractivity contribution in [2.24, 2.45) is 0 Å². The third-order valence-electron chi connectivity index (χ3n) is 5.55.